The summed E-state index contributed by atoms with van der Waals surface area (Å²) in [5.74, 6) is 0.666. The Bertz CT molecular complexity index is 107. The molecule has 0 unspecified atom stereocenters. The third-order valence-electron chi connectivity index (χ3n) is 1.74. The minimum atomic E-state index is -0.625. The summed E-state index contributed by atoms with van der Waals surface area (Å²) in [5, 5.41) is 20.7. The fourth-order valence-corrected chi connectivity index (χ4v) is 1.19. The van der Waals surface area contributed by atoms with Crippen molar-refractivity contribution in [1.29, 1.82) is 0 Å². The van der Waals surface area contributed by atoms with Gasteiger partial charge in [0.1, 0.15) is 0 Å². The van der Waals surface area contributed by atoms with E-state index in [0.717, 1.165) is 6.42 Å². The highest BCUT2D eigenvalue weighted by Crippen LogP contribution is 2.03. The van der Waals surface area contributed by atoms with Gasteiger partial charge in [0.25, 0.3) is 0 Å². The van der Waals surface area contributed by atoms with Gasteiger partial charge < -0.3 is 15.5 Å². The van der Waals surface area contributed by atoms with E-state index in [9.17, 15) is 0 Å². The highest BCUT2D eigenvalue weighted by atomic mass is 16.3. The lowest BCUT2D eigenvalue weighted by Gasteiger charge is -2.17. The van der Waals surface area contributed by atoms with E-state index in [2.05, 4.69) is 26.1 Å². The number of hydrogen-bond donors (Lipinski definition) is 3. The topological polar surface area (TPSA) is 52.5 Å². The molecule has 74 valence electrons. The van der Waals surface area contributed by atoms with Gasteiger partial charge in [-0.1, -0.05) is 13.8 Å². The zero-order valence-corrected chi connectivity index (χ0v) is 8.25. The fraction of sp³-hybridized carbons (Fsp3) is 1.00. The van der Waals surface area contributed by atoms with Crippen LogP contribution in [0.5, 0.6) is 0 Å². The molecule has 0 saturated carbocycles. The van der Waals surface area contributed by atoms with E-state index in [1.165, 1.54) is 0 Å². The number of rotatable bonds is 6. The highest BCUT2D eigenvalue weighted by Gasteiger charge is 2.06. The Morgan fingerprint density at radius 3 is 2.25 bits per heavy atom. The van der Waals surface area contributed by atoms with Crippen LogP contribution in [0.1, 0.15) is 27.2 Å². The van der Waals surface area contributed by atoms with E-state index in [1.54, 1.807) is 0 Å². The molecule has 0 amide bonds. The number of aliphatic hydroxyl groups excluding tert-OH is 2. The SMILES string of the molecule is CC(C)C[C@@H](C)NC[C@@H](O)CO. The van der Waals surface area contributed by atoms with Crippen molar-refractivity contribution >= 4 is 0 Å². The van der Waals surface area contributed by atoms with Crippen molar-refractivity contribution in [3.05, 3.63) is 0 Å². The van der Waals surface area contributed by atoms with Crippen molar-refractivity contribution in [3.63, 3.8) is 0 Å². The van der Waals surface area contributed by atoms with E-state index >= 15 is 0 Å². The summed E-state index contributed by atoms with van der Waals surface area (Å²) >= 11 is 0. The first-order chi connectivity index (χ1) is 5.56. The van der Waals surface area contributed by atoms with Crippen molar-refractivity contribution in [2.45, 2.75) is 39.3 Å². The molecular formula is C9H21NO2. The van der Waals surface area contributed by atoms with Crippen molar-refractivity contribution < 1.29 is 10.2 Å². The van der Waals surface area contributed by atoms with Crippen LogP contribution in [0.2, 0.25) is 0 Å². The Morgan fingerprint density at radius 1 is 1.25 bits per heavy atom. The predicted octanol–water partition coefficient (Wildman–Crippen LogP) is 0.364. The monoisotopic (exact) mass is 175 g/mol. The van der Waals surface area contributed by atoms with Crippen molar-refractivity contribution in [1.82, 2.24) is 5.32 Å². The van der Waals surface area contributed by atoms with Crippen molar-refractivity contribution in [3.8, 4) is 0 Å². The summed E-state index contributed by atoms with van der Waals surface area (Å²) < 4.78 is 0. The maximum atomic E-state index is 9.03. The van der Waals surface area contributed by atoms with Crippen LogP contribution in [0.25, 0.3) is 0 Å². The van der Waals surface area contributed by atoms with Crippen LogP contribution in [0.15, 0.2) is 0 Å². The van der Waals surface area contributed by atoms with Crippen LogP contribution >= 0.6 is 0 Å². The minimum Gasteiger partial charge on any atom is -0.394 e. The highest BCUT2D eigenvalue weighted by molar-refractivity contribution is 4.65. The fourth-order valence-electron chi connectivity index (χ4n) is 1.19. The summed E-state index contributed by atoms with van der Waals surface area (Å²) in [6.07, 6.45) is 0.470. The smallest absolute Gasteiger partial charge is 0.0895 e. The second-order valence-electron chi connectivity index (χ2n) is 3.78. The summed E-state index contributed by atoms with van der Waals surface area (Å²) in [5.41, 5.74) is 0. The first-order valence-electron chi connectivity index (χ1n) is 4.58. The minimum absolute atomic E-state index is 0.165. The average Bonchev–Trinajstić information content (AvgIpc) is 1.99. The maximum absolute atomic E-state index is 9.03. The summed E-state index contributed by atoms with van der Waals surface area (Å²) in [6, 6.07) is 0.409. The standard InChI is InChI=1S/C9H21NO2/c1-7(2)4-8(3)10-5-9(12)6-11/h7-12H,4-6H2,1-3H3/t8-,9-/m1/s1. The molecule has 0 rings (SSSR count). The molecule has 0 aromatic carbocycles. The Hall–Kier alpha value is -0.120. The van der Waals surface area contributed by atoms with Gasteiger partial charge in [-0.3, -0.25) is 0 Å². The lowest BCUT2D eigenvalue weighted by Crippen LogP contribution is -2.36. The lowest BCUT2D eigenvalue weighted by atomic mass is 10.1. The van der Waals surface area contributed by atoms with Crippen LogP contribution in [-0.2, 0) is 0 Å². The average molecular weight is 175 g/mol. The molecule has 3 heteroatoms. The van der Waals surface area contributed by atoms with Gasteiger partial charge >= 0.3 is 0 Å². The Labute approximate surface area is 74.8 Å². The van der Waals surface area contributed by atoms with Gasteiger partial charge in [-0.25, -0.2) is 0 Å². The molecule has 0 aliphatic heterocycles. The van der Waals surface area contributed by atoms with Crippen LogP contribution in [0.4, 0.5) is 0 Å². The van der Waals surface area contributed by atoms with Crippen LogP contribution < -0.4 is 5.32 Å². The van der Waals surface area contributed by atoms with Gasteiger partial charge in [-0.05, 0) is 19.3 Å². The van der Waals surface area contributed by atoms with E-state index in [-0.39, 0.29) is 6.61 Å². The second-order valence-corrected chi connectivity index (χ2v) is 3.78. The van der Waals surface area contributed by atoms with Gasteiger partial charge in [0.2, 0.25) is 0 Å². The number of aliphatic hydroxyl groups is 2. The van der Waals surface area contributed by atoms with Crippen LogP contribution in [0.3, 0.4) is 0 Å². The molecule has 0 aliphatic rings. The quantitative estimate of drug-likeness (QED) is 0.546. The van der Waals surface area contributed by atoms with Gasteiger partial charge in [0, 0.05) is 12.6 Å². The molecule has 0 spiro atoms. The summed E-state index contributed by atoms with van der Waals surface area (Å²) in [4.78, 5) is 0. The molecule has 0 fully saturated rings. The Morgan fingerprint density at radius 2 is 1.83 bits per heavy atom. The summed E-state index contributed by atoms with van der Waals surface area (Å²) in [7, 11) is 0. The molecule has 0 saturated heterocycles. The zero-order valence-electron chi connectivity index (χ0n) is 8.25. The van der Waals surface area contributed by atoms with Gasteiger partial charge in [-0.15, -0.1) is 0 Å². The first-order valence-corrected chi connectivity index (χ1v) is 4.58. The second kappa shape index (κ2) is 6.40. The molecule has 0 heterocycles. The molecule has 12 heavy (non-hydrogen) atoms. The normalized spacial score (nSPS) is 16.5. The van der Waals surface area contributed by atoms with Crippen molar-refractivity contribution in [2.24, 2.45) is 5.92 Å². The molecule has 2 atom stereocenters. The van der Waals surface area contributed by atoms with E-state index in [0.29, 0.717) is 18.5 Å². The number of hydrogen-bond acceptors (Lipinski definition) is 3. The maximum Gasteiger partial charge on any atom is 0.0895 e. The zero-order chi connectivity index (χ0) is 9.56. The molecule has 0 aliphatic carbocycles. The third kappa shape index (κ3) is 6.58. The molecule has 0 aromatic rings. The third-order valence-corrected chi connectivity index (χ3v) is 1.74. The van der Waals surface area contributed by atoms with E-state index in [4.69, 9.17) is 10.2 Å². The van der Waals surface area contributed by atoms with Gasteiger partial charge in [0.15, 0.2) is 0 Å². The molecular weight excluding hydrogens is 154 g/mol. The van der Waals surface area contributed by atoms with Gasteiger partial charge in [-0.2, -0.15) is 0 Å². The van der Waals surface area contributed by atoms with E-state index < -0.39 is 6.10 Å². The molecule has 3 nitrogen and oxygen atoms in total. The Balaban J connectivity index is 3.36. The molecule has 3 N–H and O–H groups in total. The largest absolute Gasteiger partial charge is 0.394 e. The summed E-state index contributed by atoms with van der Waals surface area (Å²) in [6.45, 7) is 6.73. The van der Waals surface area contributed by atoms with Crippen molar-refractivity contribution in [2.75, 3.05) is 13.2 Å². The van der Waals surface area contributed by atoms with Crippen LogP contribution in [0, 0.1) is 5.92 Å². The molecule has 0 aromatic heterocycles. The number of nitrogens with one attached hydrogen (secondary N) is 1. The first kappa shape index (κ1) is 11.9. The van der Waals surface area contributed by atoms with Crippen LogP contribution in [-0.4, -0.2) is 35.5 Å². The van der Waals surface area contributed by atoms with Gasteiger partial charge in [0.05, 0.1) is 12.7 Å². The van der Waals surface area contributed by atoms with E-state index in [1.807, 2.05) is 0 Å². The molecule has 0 radical (unpaired) electrons. The lowest BCUT2D eigenvalue weighted by molar-refractivity contribution is 0.0917. The Kier molecular flexibility index (Phi) is 6.34. The predicted molar refractivity (Wildman–Crippen MR) is 50.0 cm³/mol. The molecule has 0 bridgehead atoms.